The number of hydrogen-bond donors (Lipinski definition) is 2. The Bertz CT molecular complexity index is 467. The zero-order valence-corrected chi connectivity index (χ0v) is 8.27. The van der Waals surface area contributed by atoms with Gasteiger partial charge in [0.15, 0.2) is 0 Å². The second-order valence-corrected chi connectivity index (χ2v) is 3.54. The number of alkyl halides is 2. The Morgan fingerprint density at radius 3 is 2.19 bits per heavy atom. The van der Waals surface area contributed by atoms with Crippen molar-refractivity contribution in [2.75, 3.05) is 0 Å². The van der Waals surface area contributed by atoms with Crippen molar-refractivity contribution in [2.45, 2.75) is 6.43 Å². The molecule has 0 radical (unpaired) electrons. The molecular weight excluding hydrogens is 213 g/mol. The summed E-state index contributed by atoms with van der Waals surface area (Å²) in [7, 11) is -1.54. The summed E-state index contributed by atoms with van der Waals surface area (Å²) in [5, 5.41) is 19.3. The maximum Gasteiger partial charge on any atom is 0.488 e. The molecule has 0 amide bonds. The van der Waals surface area contributed by atoms with Gasteiger partial charge in [-0.25, -0.2) is 8.78 Å². The first kappa shape index (κ1) is 11.0. The third kappa shape index (κ3) is 2.05. The highest BCUT2D eigenvalue weighted by atomic mass is 19.3. The molecule has 16 heavy (non-hydrogen) atoms. The van der Waals surface area contributed by atoms with Crippen LogP contribution in [0.3, 0.4) is 0 Å². The highest BCUT2D eigenvalue weighted by molar-refractivity contribution is 6.58. The average molecular weight is 222 g/mol. The Kier molecular flexibility index (Phi) is 2.89. The fourth-order valence-corrected chi connectivity index (χ4v) is 1.58. The summed E-state index contributed by atoms with van der Waals surface area (Å²) in [6, 6.07) is 8.93. The normalized spacial score (nSPS) is 11.1. The molecule has 0 aromatic heterocycles. The molecule has 2 aromatic rings. The van der Waals surface area contributed by atoms with E-state index in [0.29, 0.717) is 16.2 Å². The molecule has 0 aliphatic carbocycles. The molecule has 2 rings (SSSR count). The molecule has 0 heterocycles. The first-order valence-corrected chi connectivity index (χ1v) is 4.76. The fraction of sp³-hybridized carbons (Fsp3) is 0.0909. The third-order valence-corrected chi connectivity index (χ3v) is 2.44. The Morgan fingerprint density at radius 1 is 0.938 bits per heavy atom. The van der Waals surface area contributed by atoms with E-state index in [1.54, 1.807) is 18.2 Å². The molecule has 5 heteroatoms. The van der Waals surface area contributed by atoms with Crippen molar-refractivity contribution in [3.05, 3.63) is 42.0 Å². The summed E-state index contributed by atoms with van der Waals surface area (Å²) in [6.07, 6.45) is -2.49. The zero-order valence-electron chi connectivity index (χ0n) is 8.27. The summed E-state index contributed by atoms with van der Waals surface area (Å²) in [4.78, 5) is 0. The van der Waals surface area contributed by atoms with Crippen LogP contribution in [0.4, 0.5) is 8.78 Å². The van der Waals surface area contributed by atoms with Crippen molar-refractivity contribution in [1.82, 2.24) is 0 Å². The van der Waals surface area contributed by atoms with Gasteiger partial charge < -0.3 is 10.0 Å². The van der Waals surface area contributed by atoms with E-state index in [-0.39, 0.29) is 5.56 Å². The van der Waals surface area contributed by atoms with Gasteiger partial charge in [0.25, 0.3) is 6.43 Å². The molecule has 0 atom stereocenters. The first-order chi connectivity index (χ1) is 7.58. The van der Waals surface area contributed by atoms with E-state index in [1.807, 2.05) is 0 Å². The predicted octanol–water partition coefficient (Wildman–Crippen LogP) is 1.46. The fourth-order valence-electron chi connectivity index (χ4n) is 1.58. The van der Waals surface area contributed by atoms with Crippen LogP contribution in [0.5, 0.6) is 0 Å². The van der Waals surface area contributed by atoms with Gasteiger partial charge in [0.2, 0.25) is 0 Å². The third-order valence-electron chi connectivity index (χ3n) is 2.44. The lowest BCUT2D eigenvalue weighted by Gasteiger charge is -2.05. The lowest BCUT2D eigenvalue weighted by Crippen LogP contribution is -2.29. The van der Waals surface area contributed by atoms with E-state index in [9.17, 15) is 8.78 Å². The quantitative estimate of drug-likeness (QED) is 0.755. The van der Waals surface area contributed by atoms with Gasteiger partial charge in [0.1, 0.15) is 0 Å². The Balaban J connectivity index is 2.53. The molecule has 2 aromatic carbocycles. The lowest BCUT2D eigenvalue weighted by atomic mass is 9.79. The monoisotopic (exact) mass is 222 g/mol. The summed E-state index contributed by atoms with van der Waals surface area (Å²) < 4.78 is 24.8. The number of rotatable bonds is 2. The molecule has 0 saturated carbocycles. The second-order valence-electron chi connectivity index (χ2n) is 3.54. The minimum absolute atomic E-state index is 0.0372. The van der Waals surface area contributed by atoms with E-state index >= 15 is 0 Å². The Morgan fingerprint density at radius 2 is 1.56 bits per heavy atom. The van der Waals surface area contributed by atoms with Gasteiger partial charge in [-0.05, 0) is 22.3 Å². The summed E-state index contributed by atoms with van der Waals surface area (Å²) >= 11 is 0. The van der Waals surface area contributed by atoms with Crippen LogP contribution < -0.4 is 5.46 Å². The summed E-state index contributed by atoms with van der Waals surface area (Å²) in [5.74, 6) is 0. The van der Waals surface area contributed by atoms with E-state index in [4.69, 9.17) is 10.0 Å². The number of fused-ring (bicyclic) bond motifs is 1. The molecule has 0 saturated heterocycles. The summed E-state index contributed by atoms with van der Waals surface area (Å²) in [5.41, 5.74) is 0.307. The van der Waals surface area contributed by atoms with Crippen LogP contribution in [0.15, 0.2) is 36.4 Å². The molecule has 0 unspecified atom stereocenters. The van der Waals surface area contributed by atoms with Crippen LogP contribution in [0.2, 0.25) is 0 Å². The SMILES string of the molecule is OB(O)c1ccc2cc(C(F)F)ccc2c1. The predicted molar refractivity (Wildman–Crippen MR) is 58.7 cm³/mol. The molecule has 0 bridgehead atoms. The maximum absolute atomic E-state index is 12.4. The van der Waals surface area contributed by atoms with Gasteiger partial charge in [0.05, 0.1) is 0 Å². The van der Waals surface area contributed by atoms with Crippen molar-refractivity contribution in [3.63, 3.8) is 0 Å². The zero-order chi connectivity index (χ0) is 11.7. The molecular formula is C11H9BF2O2. The van der Waals surface area contributed by atoms with E-state index in [1.165, 1.54) is 18.2 Å². The summed E-state index contributed by atoms with van der Waals surface area (Å²) in [6.45, 7) is 0. The van der Waals surface area contributed by atoms with Gasteiger partial charge >= 0.3 is 7.12 Å². The van der Waals surface area contributed by atoms with Gasteiger partial charge in [-0.3, -0.25) is 0 Å². The molecule has 0 fully saturated rings. The Labute approximate surface area is 91.3 Å². The largest absolute Gasteiger partial charge is 0.488 e. The van der Waals surface area contributed by atoms with Crippen molar-refractivity contribution in [3.8, 4) is 0 Å². The lowest BCUT2D eigenvalue weighted by molar-refractivity contribution is 0.151. The second kappa shape index (κ2) is 4.19. The van der Waals surface area contributed by atoms with Gasteiger partial charge in [-0.2, -0.15) is 0 Å². The minimum Gasteiger partial charge on any atom is -0.423 e. The van der Waals surface area contributed by atoms with Crippen LogP contribution in [0.25, 0.3) is 10.8 Å². The van der Waals surface area contributed by atoms with E-state index in [2.05, 4.69) is 0 Å². The molecule has 2 N–H and O–H groups in total. The minimum atomic E-state index is -2.49. The van der Waals surface area contributed by atoms with Crippen molar-refractivity contribution < 1.29 is 18.8 Å². The molecule has 0 aliphatic heterocycles. The number of halogens is 2. The molecule has 0 aliphatic rings. The van der Waals surface area contributed by atoms with Gasteiger partial charge in [0, 0.05) is 5.56 Å². The van der Waals surface area contributed by atoms with Crippen molar-refractivity contribution in [1.29, 1.82) is 0 Å². The molecule has 2 nitrogen and oxygen atoms in total. The topological polar surface area (TPSA) is 40.5 Å². The van der Waals surface area contributed by atoms with Crippen LogP contribution in [0, 0.1) is 0 Å². The van der Waals surface area contributed by atoms with E-state index in [0.717, 1.165) is 0 Å². The van der Waals surface area contributed by atoms with Gasteiger partial charge in [-0.15, -0.1) is 0 Å². The number of benzene rings is 2. The average Bonchev–Trinajstić information content (AvgIpc) is 2.27. The molecule has 82 valence electrons. The van der Waals surface area contributed by atoms with Crippen LogP contribution >= 0.6 is 0 Å². The van der Waals surface area contributed by atoms with Crippen molar-refractivity contribution >= 4 is 23.4 Å². The van der Waals surface area contributed by atoms with E-state index < -0.39 is 13.5 Å². The standard InChI is InChI=1S/C11H9BF2O2/c13-11(14)9-2-1-8-6-10(12(15)16)4-3-7(8)5-9/h1-6,11,15-16H. The highest BCUT2D eigenvalue weighted by Gasteiger charge is 2.12. The van der Waals surface area contributed by atoms with Crippen molar-refractivity contribution in [2.24, 2.45) is 0 Å². The highest BCUT2D eigenvalue weighted by Crippen LogP contribution is 2.23. The molecule has 0 spiro atoms. The van der Waals surface area contributed by atoms with Gasteiger partial charge in [-0.1, -0.05) is 30.3 Å². The van der Waals surface area contributed by atoms with Crippen LogP contribution in [0.1, 0.15) is 12.0 Å². The Hall–Kier alpha value is -1.46. The number of hydrogen-bond acceptors (Lipinski definition) is 2. The van der Waals surface area contributed by atoms with Crippen LogP contribution in [-0.4, -0.2) is 17.2 Å². The van der Waals surface area contributed by atoms with Crippen LogP contribution in [-0.2, 0) is 0 Å². The smallest absolute Gasteiger partial charge is 0.423 e. The maximum atomic E-state index is 12.4. The first-order valence-electron chi connectivity index (χ1n) is 4.76.